The Kier molecular flexibility index (Phi) is 6.94. The van der Waals surface area contributed by atoms with Gasteiger partial charge in [0, 0.05) is 49.5 Å². The second kappa shape index (κ2) is 9.43. The average molecular weight is 435 g/mol. The van der Waals surface area contributed by atoms with Crippen LogP contribution in [0.3, 0.4) is 0 Å². The number of benzene rings is 1. The number of aromatic nitrogens is 4. The number of nitrogens with one attached hydrogen (secondary N) is 1. The quantitative estimate of drug-likeness (QED) is 0.617. The number of halogens is 1. The third-order valence-electron chi connectivity index (χ3n) is 4.69. The second-order valence-electron chi connectivity index (χ2n) is 6.66. The van der Waals surface area contributed by atoms with Crippen molar-refractivity contribution in [1.29, 1.82) is 0 Å². The van der Waals surface area contributed by atoms with E-state index in [-0.39, 0.29) is 24.4 Å². The van der Waals surface area contributed by atoms with Crippen molar-refractivity contribution in [2.45, 2.75) is 23.6 Å². The van der Waals surface area contributed by atoms with Crippen LogP contribution in [0.5, 0.6) is 0 Å². The SMILES string of the molecule is Cc1noc(CSc2ccc(C(=O)N3CCNCC3c3nccn3C)cc2)n1.Cl. The monoisotopic (exact) mass is 434 g/mol. The molecule has 3 aromatic rings. The number of aryl methyl sites for hydroxylation is 2. The molecule has 4 rings (SSSR count). The van der Waals surface area contributed by atoms with Gasteiger partial charge in [-0.3, -0.25) is 4.79 Å². The summed E-state index contributed by atoms with van der Waals surface area (Å²) in [5.41, 5.74) is 0.680. The summed E-state index contributed by atoms with van der Waals surface area (Å²) >= 11 is 1.60. The number of hydrogen-bond acceptors (Lipinski definition) is 7. The first-order valence-corrected chi connectivity index (χ1v) is 10.1. The fourth-order valence-electron chi connectivity index (χ4n) is 3.28. The molecule has 0 spiro atoms. The van der Waals surface area contributed by atoms with Crippen LogP contribution < -0.4 is 5.32 Å². The second-order valence-corrected chi connectivity index (χ2v) is 7.71. The van der Waals surface area contributed by atoms with Gasteiger partial charge < -0.3 is 19.3 Å². The Balaban J connectivity index is 0.00000240. The number of carbonyl (C=O) groups excluding carboxylic acids is 1. The van der Waals surface area contributed by atoms with Gasteiger partial charge in [-0.2, -0.15) is 4.98 Å². The van der Waals surface area contributed by atoms with Gasteiger partial charge >= 0.3 is 0 Å². The van der Waals surface area contributed by atoms with E-state index in [4.69, 9.17) is 4.52 Å². The lowest BCUT2D eigenvalue weighted by molar-refractivity contribution is 0.0621. The number of imidazole rings is 1. The maximum absolute atomic E-state index is 13.1. The van der Waals surface area contributed by atoms with E-state index in [9.17, 15) is 4.79 Å². The summed E-state index contributed by atoms with van der Waals surface area (Å²) in [6.45, 7) is 3.94. The van der Waals surface area contributed by atoms with Gasteiger partial charge in [0.15, 0.2) is 5.82 Å². The third kappa shape index (κ3) is 4.80. The van der Waals surface area contributed by atoms with E-state index in [2.05, 4.69) is 20.4 Å². The molecular formula is C19H23ClN6O2S. The van der Waals surface area contributed by atoms with Crippen LogP contribution in [-0.4, -0.2) is 50.1 Å². The normalized spacial score (nSPS) is 16.5. The minimum absolute atomic E-state index is 0. The number of carbonyl (C=O) groups is 1. The lowest BCUT2D eigenvalue weighted by atomic mass is 10.1. The van der Waals surface area contributed by atoms with Crippen molar-refractivity contribution >= 4 is 30.1 Å². The summed E-state index contributed by atoms with van der Waals surface area (Å²) in [5.74, 6) is 2.75. The zero-order chi connectivity index (χ0) is 19.5. The molecular weight excluding hydrogens is 412 g/mol. The average Bonchev–Trinajstić information content (AvgIpc) is 3.34. The molecule has 2 aromatic heterocycles. The number of piperazine rings is 1. The van der Waals surface area contributed by atoms with Gasteiger partial charge in [0.05, 0.1) is 5.75 Å². The molecule has 1 aromatic carbocycles. The molecule has 1 unspecified atom stereocenters. The molecule has 0 bridgehead atoms. The number of rotatable bonds is 5. The van der Waals surface area contributed by atoms with Gasteiger partial charge in [-0.05, 0) is 31.2 Å². The lowest BCUT2D eigenvalue weighted by Gasteiger charge is -2.35. The first-order chi connectivity index (χ1) is 13.6. The van der Waals surface area contributed by atoms with Gasteiger partial charge in [-0.15, -0.1) is 24.2 Å². The van der Waals surface area contributed by atoms with Gasteiger partial charge in [0.25, 0.3) is 5.91 Å². The highest BCUT2D eigenvalue weighted by Gasteiger charge is 2.30. The Morgan fingerprint density at radius 3 is 2.79 bits per heavy atom. The topological polar surface area (TPSA) is 89.1 Å². The van der Waals surface area contributed by atoms with Crippen LogP contribution in [0.2, 0.25) is 0 Å². The number of nitrogens with zero attached hydrogens (tertiary/aromatic N) is 5. The van der Waals surface area contributed by atoms with Crippen molar-refractivity contribution in [2.75, 3.05) is 19.6 Å². The summed E-state index contributed by atoms with van der Waals surface area (Å²) in [7, 11) is 1.95. The predicted octanol–water partition coefficient (Wildman–Crippen LogP) is 2.61. The van der Waals surface area contributed by atoms with Gasteiger partial charge in [0.2, 0.25) is 5.89 Å². The van der Waals surface area contributed by atoms with Crippen molar-refractivity contribution in [2.24, 2.45) is 7.05 Å². The molecule has 1 fully saturated rings. The van der Waals surface area contributed by atoms with Crippen LogP contribution in [0.25, 0.3) is 0 Å². The first kappa shape index (κ1) is 21.4. The van der Waals surface area contributed by atoms with Crippen molar-refractivity contribution in [3.05, 3.63) is 59.8 Å². The molecule has 1 N–H and O–H groups in total. The van der Waals surface area contributed by atoms with Crippen LogP contribution in [-0.2, 0) is 12.8 Å². The minimum atomic E-state index is -0.0731. The minimum Gasteiger partial charge on any atom is -0.338 e. The van der Waals surface area contributed by atoms with Crippen LogP contribution >= 0.6 is 24.2 Å². The highest BCUT2D eigenvalue weighted by atomic mass is 35.5. The van der Waals surface area contributed by atoms with Gasteiger partial charge in [-0.25, -0.2) is 4.98 Å². The number of amides is 1. The Bertz CT molecular complexity index is 958. The smallest absolute Gasteiger partial charge is 0.254 e. The largest absolute Gasteiger partial charge is 0.338 e. The van der Waals surface area contributed by atoms with Crippen LogP contribution in [0, 0.1) is 6.92 Å². The molecule has 29 heavy (non-hydrogen) atoms. The zero-order valence-corrected chi connectivity index (χ0v) is 17.9. The Labute approximate surface area is 179 Å². The van der Waals surface area contributed by atoms with Crippen LogP contribution in [0.15, 0.2) is 46.1 Å². The van der Waals surface area contributed by atoms with Gasteiger partial charge in [0.1, 0.15) is 11.9 Å². The highest BCUT2D eigenvalue weighted by molar-refractivity contribution is 7.98. The van der Waals surface area contributed by atoms with E-state index in [1.54, 1.807) is 24.9 Å². The molecule has 0 saturated carbocycles. The molecule has 0 aliphatic carbocycles. The van der Waals surface area contributed by atoms with E-state index in [1.165, 1.54) is 0 Å². The maximum atomic E-state index is 13.1. The van der Waals surface area contributed by atoms with E-state index in [0.29, 0.717) is 36.1 Å². The van der Waals surface area contributed by atoms with Crippen molar-refractivity contribution in [3.8, 4) is 0 Å². The van der Waals surface area contributed by atoms with Crippen molar-refractivity contribution in [3.63, 3.8) is 0 Å². The predicted molar refractivity (Wildman–Crippen MR) is 112 cm³/mol. The van der Waals surface area contributed by atoms with Crippen LogP contribution in [0.4, 0.5) is 0 Å². The molecule has 1 atom stereocenters. The Hall–Kier alpha value is -2.36. The molecule has 10 heteroatoms. The lowest BCUT2D eigenvalue weighted by Crippen LogP contribution is -2.49. The standard InChI is InChI=1S/C19H22N6O2S.ClH/c1-13-22-17(27-23-13)12-28-15-5-3-14(4-6-15)19(26)25-10-7-20-11-16(25)18-21-8-9-24(18)2;/h3-6,8-9,16,20H,7,10-12H2,1-2H3;1H. The summed E-state index contributed by atoms with van der Waals surface area (Å²) in [6, 6.07) is 7.59. The maximum Gasteiger partial charge on any atom is 0.254 e. The molecule has 1 amide bonds. The van der Waals surface area contributed by atoms with E-state index >= 15 is 0 Å². The van der Waals surface area contributed by atoms with E-state index in [1.807, 2.05) is 47.0 Å². The van der Waals surface area contributed by atoms with Crippen LogP contribution in [0.1, 0.15) is 33.9 Å². The molecule has 1 aliphatic rings. The van der Waals surface area contributed by atoms with E-state index < -0.39 is 0 Å². The molecule has 0 radical (unpaired) electrons. The number of thioether (sulfide) groups is 1. The fraction of sp³-hybridized carbons (Fsp3) is 0.368. The molecule has 3 heterocycles. The zero-order valence-electron chi connectivity index (χ0n) is 16.2. The summed E-state index contributed by atoms with van der Waals surface area (Å²) < 4.78 is 7.10. The van der Waals surface area contributed by atoms with E-state index in [0.717, 1.165) is 17.3 Å². The number of hydrogen-bond donors (Lipinski definition) is 1. The summed E-state index contributed by atoms with van der Waals surface area (Å²) in [5, 5.41) is 7.15. The Morgan fingerprint density at radius 2 is 2.14 bits per heavy atom. The summed E-state index contributed by atoms with van der Waals surface area (Å²) in [6.07, 6.45) is 3.67. The first-order valence-electron chi connectivity index (χ1n) is 9.13. The highest BCUT2D eigenvalue weighted by Crippen LogP contribution is 2.25. The van der Waals surface area contributed by atoms with Crippen molar-refractivity contribution < 1.29 is 9.32 Å². The third-order valence-corrected chi connectivity index (χ3v) is 5.69. The van der Waals surface area contributed by atoms with Crippen molar-refractivity contribution in [1.82, 2.24) is 29.9 Å². The Morgan fingerprint density at radius 1 is 1.34 bits per heavy atom. The molecule has 154 valence electrons. The molecule has 1 aliphatic heterocycles. The molecule has 1 saturated heterocycles. The summed E-state index contributed by atoms with van der Waals surface area (Å²) in [4.78, 5) is 24.7. The van der Waals surface area contributed by atoms with Gasteiger partial charge in [-0.1, -0.05) is 5.16 Å². The fourth-order valence-corrected chi connectivity index (χ4v) is 4.02. The molecule has 8 nitrogen and oxygen atoms in total.